The molecule has 10 nitrogen and oxygen atoms in total. The summed E-state index contributed by atoms with van der Waals surface area (Å²) in [5.41, 5.74) is 2.61. The van der Waals surface area contributed by atoms with Crippen molar-refractivity contribution in [3.05, 3.63) is 93.0 Å². The average molecular weight is 524 g/mol. The summed E-state index contributed by atoms with van der Waals surface area (Å²) >= 11 is 0. The van der Waals surface area contributed by atoms with E-state index in [0.29, 0.717) is 17.7 Å². The maximum Gasteiger partial charge on any atom is 0.338 e. The Morgan fingerprint density at radius 2 is 1.78 bits per heavy atom. The lowest BCUT2D eigenvalue weighted by Crippen LogP contribution is -2.35. The third-order valence-corrected chi connectivity index (χ3v) is 8.11. The topological polar surface area (TPSA) is 136 Å². The minimum Gasteiger partial charge on any atom is -0.452 e. The number of para-hydroxylation sites is 1. The third-order valence-electron chi connectivity index (χ3n) is 6.19. The van der Waals surface area contributed by atoms with Crippen LogP contribution >= 0.6 is 0 Å². The first kappa shape index (κ1) is 25.8. The highest BCUT2D eigenvalue weighted by Crippen LogP contribution is 2.36. The molecule has 0 saturated heterocycles. The molecule has 0 spiro atoms. The van der Waals surface area contributed by atoms with Crippen LogP contribution in [0.4, 0.5) is 17.1 Å². The lowest BCUT2D eigenvalue weighted by molar-refractivity contribution is -0.384. The Labute approximate surface area is 214 Å². The zero-order chi connectivity index (χ0) is 26.9. The molecule has 192 valence electrons. The SMILES string of the molecule is Cc1cc(NC(=O)COC(=O)c2cccc(S(=O)(=O)N3c4ccccc4C[C@@H]3C)c2)c([N+](=O)[O-])cc1C. The third kappa shape index (κ3) is 5.17. The number of aryl methyl sites for hydroxylation is 2. The summed E-state index contributed by atoms with van der Waals surface area (Å²) in [5, 5.41) is 13.7. The van der Waals surface area contributed by atoms with E-state index in [1.54, 1.807) is 26.0 Å². The zero-order valence-electron chi connectivity index (χ0n) is 20.4. The van der Waals surface area contributed by atoms with Crippen molar-refractivity contribution in [2.45, 2.75) is 38.1 Å². The molecule has 3 aromatic rings. The summed E-state index contributed by atoms with van der Waals surface area (Å²) in [5.74, 6) is -1.68. The number of nitrogens with zero attached hydrogens (tertiary/aromatic N) is 2. The highest BCUT2D eigenvalue weighted by molar-refractivity contribution is 7.92. The second-order valence-corrected chi connectivity index (χ2v) is 10.7. The van der Waals surface area contributed by atoms with Crippen molar-refractivity contribution in [1.29, 1.82) is 0 Å². The standard InChI is InChI=1S/C26H25N3O7S/c1-16-11-22(24(29(32)33)12-17(16)2)27-25(30)15-36-26(31)20-8-6-9-21(14-20)37(34,35)28-18(3)13-19-7-4-5-10-23(19)28/h4-12,14,18H,13,15H2,1-3H3,(H,27,30)/t18-/m0/s1. The van der Waals surface area contributed by atoms with Crippen molar-refractivity contribution in [2.75, 3.05) is 16.2 Å². The molecule has 0 aliphatic carbocycles. The Hall–Kier alpha value is -4.25. The smallest absolute Gasteiger partial charge is 0.338 e. The second-order valence-electron chi connectivity index (χ2n) is 8.85. The summed E-state index contributed by atoms with van der Waals surface area (Å²) in [6.07, 6.45) is 0.574. The van der Waals surface area contributed by atoms with Gasteiger partial charge in [-0.3, -0.25) is 19.2 Å². The highest BCUT2D eigenvalue weighted by atomic mass is 32.2. The summed E-state index contributed by atoms with van der Waals surface area (Å²) < 4.78 is 33.3. The monoisotopic (exact) mass is 523 g/mol. The number of hydrogen-bond acceptors (Lipinski definition) is 7. The van der Waals surface area contributed by atoms with E-state index >= 15 is 0 Å². The van der Waals surface area contributed by atoms with Gasteiger partial charge in [-0.15, -0.1) is 0 Å². The molecule has 1 atom stereocenters. The number of nitro benzene ring substituents is 1. The molecular formula is C26H25N3O7S. The number of fused-ring (bicyclic) bond motifs is 1. The molecule has 0 bridgehead atoms. The number of sulfonamides is 1. The fourth-order valence-electron chi connectivity index (χ4n) is 4.25. The van der Waals surface area contributed by atoms with Gasteiger partial charge < -0.3 is 10.1 Å². The van der Waals surface area contributed by atoms with Gasteiger partial charge in [0.05, 0.1) is 21.1 Å². The Morgan fingerprint density at radius 3 is 2.51 bits per heavy atom. The predicted molar refractivity (Wildman–Crippen MR) is 137 cm³/mol. The number of hydrogen-bond donors (Lipinski definition) is 1. The van der Waals surface area contributed by atoms with Crippen molar-refractivity contribution in [1.82, 2.24) is 0 Å². The van der Waals surface area contributed by atoms with Gasteiger partial charge in [-0.2, -0.15) is 0 Å². The van der Waals surface area contributed by atoms with Crippen LogP contribution in [0.3, 0.4) is 0 Å². The first-order valence-electron chi connectivity index (χ1n) is 11.4. The first-order valence-corrected chi connectivity index (χ1v) is 12.9. The largest absolute Gasteiger partial charge is 0.452 e. The summed E-state index contributed by atoms with van der Waals surface area (Å²) in [4.78, 5) is 35.6. The minimum atomic E-state index is -3.97. The number of anilines is 2. The molecular weight excluding hydrogens is 498 g/mol. The molecule has 0 radical (unpaired) electrons. The molecule has 0 unspecified atom stereocenters. The van der Waals surface area contributed by atoms with Crippen LogP contribution in [0.2, 0.25) is 0 Å². The fraction of sp³-hybridized carbons (Fsp3) is 0.231. The number of carbonyl (C=O) groups is 2. The van der Waals surface area contributed by atoms with Gasteiger partial charge in [0.15, 0.2) is 6.61 Å². The quantitative estimate of drug-likeness (QED) is 0.279. The Bertz CT molecular complexity index is 1520. The lowest BCUT2D eigenvalue weighted by Gasteiger charge is -2.24. The van der Waals surface area contributed by atoms with Crippen LogP contribution in [0, 0.1) is 24.0 Å². The van der Waals surface area contributed by atoms with E-state index in [1.807, 2.05) is 19.1 Å². The van der Waals surface area contributed by atoms with Crippen LogP contribution in [0.5, 0.6) is 0 Å². The van der Waals surface area contributed by atoms with Gasteiger partial charge in [-0.25, -0.2) is 13.2 Å². The number of rotatable bonds is 7. The number of amides is 1. The van der Waals surface area contributed by atoms with Gasteiger partial charge in [-0.1, -0.05) is 24.3 Å². The minimum absolute atomic E-state index is 0.0118. The second kappa shape index (κ2) is 10.0. The van der Waals surface area contributed by atoms with E-state index in [4.69, 9.17) is 4.74 Å². The molecule has 11 heteroatoms. The Kier molecular flexibility index (Phi) is 6.99. The molecule has 1 aliphatic heterocycles. The van der Waals surface area contributed by atoms with Crippen molar-refractivity contribution in [3.8, 4) is 0 Å². The number of nitrogens with one attached hydrogen (secondary N) is 1. The molecule has 0 fully saturated rings. The number of benzene rings is 3. The van der Waals surface area contributed by atoms with Crippen molar-refractivity contribution >= 4 is 39.0 Å². The van der Waals surface area contributed by atoms with Crippen molar-refractivity contribution < 1.29 is 27.7 Å². The first-order chi connectivity index (χ1) is 17.5. The van der Waals surface area contributed by atoms with Gasteiger partial charge in [0.25, 0.3) is 21.6 Å². The van der Waals surface area contributed by atoms with Gasteiger partial charge in [0.2, 0.25) is 0 Å². The van der Waals surface area contributed by atoms with Crippen LogP contribution in [0.15, 0.2) is 65.6 Å². The number of carbonyl (C=O) groups excluding carboxylic acids is 2. The lowest BCUT2D eigenvalue weighted by atomic mass is 10.1. The van der Waals surface area contributed by atoms with E-state index in [1.165, 1.54) is 40.7 Å². The highest BCUT2D eigenvalue weighted by Gasteiger charge is 2.36. The van der Waals surface area contributed by atoms with E-state index < -0.39 is 33.4 Å². The van der Waals surface area contributed by atoms with Crippen molar-refractivity contribution in [2.24, 2.45) is 0 Å². The summed E-state index contributed by atoms with van der Waals surface area (Å²) in [6.45, 7) is 4.56. The maximum absolute atomic E-state index is 13.4. The van der Waals surface area contributed by atoms with E-state index in [2.05, 4.69) is 5.32 Å². The Morgan fingerprint density at radius 1 is 1.08 bits per heavy atom. The van der Waals surface area contributed by atoms with Crippen LogP contribution < -0.4 is 9.62 Å². The molecule has 37 heavy (non-hydrogen) atoms. The van der Waals surface area contributed by atoms with Crippen LogP contribution in [-0.4, -0.2) is 37.9 Å². The van der Waals surface area contributed by atoms with Crippen LogP contribution in [0.25, 0.3) is 0 Å². The Balaban J connectivity index is 1.48. The van der Waals surface area contributed by atoms with Crippen LogP contribution in [-0.2, 0) is 26.0 Å². The number of nitro groups is 1. The normalized spacial score (nSPS) is 14.7. The van der Waals surface area contributed by atoms with Gasteiger partial charge in [0, 0.05) is 12.1 Å². The van der Waals surface area contributed by atoms with E-state index in [-0.39, 0.29) is 27.9 Å². The van der Waals surface area contributed by atoms with Gasteiger partial charge in [-0.05, 0) is 74.2 Å². The molecule has 3 aromatic carbocycles. The van der Waals surface area contributed by atoms with Crippen LogP contribution in [0.1, 0.15) is 34.0 Å². The summed E-state index contributed by atoms with van der Waals surface area (Å²) in [6, 6.07) is 15.2. The van der Waals surface area contributed by atoms with Gasteiger partial charge in [0.1, 0.15) is 5.69 Å². The predicted octanol–water partition coefficient (Wildman–Crippen LogP) is 4.15. The molecule has 1 heterocycles. The molecule has 1 amide bonds. The van der Waals surface area contributed by atoms with E-state index in [9.17, 15) is 28.1 Å². The zero-order valence-corrected chi connectivity index (χ0v) is 21.2. The number of esters is 1. The van der Waals surface area contributed by atoms with E-state index in [0.717, 1.165) is 11.1 Å². The number of ether oxygens (including phenoxy) is 1. The molecule has 1 N–H and O–H groups in total. The average Bonchev–Trinajstić information content (AvgIpc) is 3.21. The summed E-state index contributed by atoms with van der Waals surface area (Å²) in [7, 11) is -3.97. The van der Waals surface area contributed by atoms with Gasteiger partial charge >= 0.3 is 5.97 Å². The maximum atomic E-state index is 13.4. The fourth-order valence-corrected chi connectivity index (χ4v) is 5.99. The molecule has 4 rings (SSSR count). The molecule has 1 aliphatic rings. The van der Waals surface area contributed by atoms with Crippen molar-refractivity contribution in [3.63, 3.8) is 0 Å². The molecule has 0 saturated carbocycles. The molecule has 0 aromatic heterocycles.